The molecule has 134 valence electrons. The second-order valence-corrected chi connectivity index (χ2v) is 5.96. The van der Waals surface area contributed by atoms with E-state index in [0.29, 0.717) is 28.4 Å². The number of pyridine rings is 1. The number of carbonyl (C=O) groups excluding carboxylic acids is 2. The number of nitrogens with zero attached hydrogens (tertiary/aromatic N) is 3. The molecule has 3 rings (SSSR count). The molecule has 2 aromatic heterocycles. The number of hydrogen-bond donors (Lipinski definition) is 2. The fourth-order valence-corrected chi connectivity index (χ4v) is 2.36. The topological polar surface area (TPSA) is 100 Å². The van der Waals surface area contributed by atoms with Crippen LogP contribution >= 0.6 is 0 Å². The van der Waals surface area contributed by atoms with Crippen LogP contribution in [0.4, 0.5) is 10.5 Å². The van der Waals surface area contributed by atoms with E-state index < -0.39 is 0 Å². The third kappa shape index (κ3) is 3.97. The zero-order valence-electron chi connectivity index (χ0n) is 14.7. The van der Waals surface area contributed by atoms with Gasteiger partial charge in [0.15, 0.2) is 11.5 Å². The van der Waals surface area contributed by atoms with Crippen molar-refractivity contribution in [2.24, 2.45) is 0 Å². The molecule has 2 heterocycles. The van der Waals surface area contributed by atoms with Crippen LogP contribution in [-0.2, 0) is 6.54 Å². The maximum atomic E-state index is 12.5. The van der Waals surface area contributed by atoms with E-state index >= 15 is 0 Å². The minimum atomic E-state index is -0.275. The first-order valence-electron chi connectivity index (χ1n) is 8.01. The van der Waals surface area contributed by atoms with Gasteiger partial charge in [0.2, 0.25) is 0 Å². The predicted molar refractivity (Wildman–Crippen MR) is 96.9 cm³/mol. The second kappa shape index (κ2) is 7.22. The molecule has 2 N–H and O–H groups in total. The average Bonchev–Trinajstić information content (AvgIpc) is 2.99. The summed E-state index contributed by atoms with van der Waals surface area (Å²) in [4.78, 5) is 33.9. The van der Waals surface area contributed by atoms with Gasteiger partial charge in [0.1, 0.15) is 5.52 Å². The number of rotatable bonds is 4. The normalized spacial score (nSPS) is 10.6. The summed E-state index contributed by atoms with van der Waals surface area (Å²) in [6, 6.07) is 8.31. The van der Waals surface area contributed by atoms with Crippen LogP contribution in [0.15, 0.2) is 40.9 Å². The van der Waals surface area contributed by atoms with Gasteiger partial charge >= 0.3 is 6.03 Å². The summed E-state index contributed by atoms with van der Waals surface area (Å²) in [5.74, 6) is 0.296. The molecule has 0 aliphatic rings. The highest BCUT2D eigenvalue weighted by molar-refractivity contribution is 6.04. The number of benzene rings is 1. The molecule has 0 bridgehead atoms. The van der Waals surface area contributed by atoms with E-state index in [2.05, 4.69) is 20.6 Å². The van der Waals surface area contributed by atoms with Gasteiger partial charge in [-0.3, -0.25) is 9.78 Å². The first-order valence-corrected chi connectivity index (χ1v) is 8.01. The van der Waals surface area contributed by atoms with Crippen molar-refractivity contribution in [3.63, 3.8) is 0 Å². The zero-order chi connectivity index (χ0) is 18.7. The Kier molecular flexibility index (Phi) is 4.83. The number of hydrogen-bond acceptors (Lipinski definition) is 5. The third-order valence-electron chi connectivity index (χ3n) is 3.66. The first kappa shape index (κ1) is 17.4. The Balaban J connectivity index is 1.70. The number of aryl methyl sites for hydroxylation is 1. The summed E-state index contributed by atoms with van der Waals surface area (Å²) in [6.45, 7) is 2.01. The quantitative estimate of drug-likeness (QED) is 0.751. The standard InChI is InChI=1S/C18H19N5O3/c1-11-21-15-5-4-13(9-16(15)26-11)22-17(24)12-6-7-19-14(8-12)10-20-18(25)23(2)3/h4-9H,10H2,1-3H3,(H,20,25)(H,22,24). The van der Waals surface area contributed by atoms with Gasteiger partial charge in [-0.2, -0.15) is 0 Å². The van der Waals surface area contributed by atoms with Crippen molar-refractivity contribution in [1.29, 1.82) is 0 Å². The van der Waals surface area contributed by atoms with Crippen molar-refractivity contribution in [3.8, 4) is 0 Å². The van der Waals surface area contributed by atoms with Gasteiger partial charge in [0, 0.05) is 44.5 Å². The van der Waals surface area contributed by atoms with E-state index in [-0.39, 0.29) is 18.5 Å². The molecule has 0 fully saturated rings. The number of anilines is 1. The van der Waals surface area contributed by atoms with E-state index in [9.17, 15) is 9.59 Å². The van der Waals surface area contributed by atoms with Crippen LogP contribution in [0.2, 0.25) is 0 Å². The van der Waals surface area contributed by atoms with E-state index in [1.54, 1.807) is 51.4 Å². The molecule has 8 heteroatoms. The highest BCUT2D eigenvalue weighted by Crippen LogP contribution is 2.20. The molecule has 3 aromatic rings. The summed E-state index contributed by atoms with van der Waals surface area (Å²) in [5.41, 5.74) is 3.00. The number of aromatic nitrogens is 2. The molecule has 3 amide bonds. The molecule has 1 aromatic carbocycles. The van der Waals surface area contributed by atoms with Crippen molar-refractivity contribution < 1.29 is 14.0 Å². The van der Waals surface area contributed by atoms with Gasteiger partial charge < -0.3 is 20.0 Å². The summed E-state index contributed by atoms with van der Waals surface area (Å²) >= 11 is 0. The van der Waals surface area contributed by atoms with Crippen molar-refractivity contribution in [3.05, 3.63) is 53.7 Å². The van der Waals surface area contributed by atoms with Crippen molar-refractivity contribution >= 4 is 28.7 Å². The Bertz CT molecular complexity index is 964. The maximum absolute atomic E-state index is 12.5. The summed E-state index contributed by atoms with van der Waals surface area (Å²) < 4.78 is 5.47. The Morgan fingerprint density at radius 2 is 2.00 bits per heavy atom. The molecular weight excluding hydrogens is 334 g/mol. The minimum Gasteiger partial charge on any atom is -0.441 e. The Morgan fingerprint density at radius 3 is 2.77 bits per heavy atom. The van der Waals surface area contributed by atoms with Gasteiger partial charge in [0.05, 0.1) is 12.2 Å². The number of amides is 3. The Labute approximate surface area is 150 Å². The molecule has 0 aliphatic heterocycles. The molecule has 0 atom stereocenters. The fourth-order valence-electron chi connectivity index (χ4n) is 2.36. The van der Waals surface area contributed by atoms with Crippen LogP contribution in [0.5, 0.6) is 0 Å². The SMILES string of the molecule is Cc1nc2ccc(NC(=O)c3ccnc(CNC(=O)N(C)C)c3)cc2o1. The Morgan fingerprint density at radius 1 is 1.19 bits per heavy atom. The van der Waals surface area contributed by atoms with Crippen LogP contribution in [-0.4, -0.2) is 40.9 Å². The molecule has 0 saturated carbocycles. The van der Waals surface area contributed by atoms with Crippen LogP contribution in [0.25, 0.3) is 11.1 Å². The number of urea groups is 1. The highest BCUT2D eigenvalue weighted by Gasteiger charge is 2.10. The average molecular weight is 353 g/mol. The van der Waals surface area contributed by atoms with E-state index in [1.807, 2.05) is 0 Å². The lowest BCUT2D eigenvalue weighted by Gasteiger charge is -2.12. The lowest BCUT2D eigenvalue weighted by atomic mass is 10.2. The van der Waals surface area contributed by atoms with E-state index in [1.165, 1.54) is 11.1 Å². The van der Waals surface area contributed by atoms with Crippen molar-refractivity contribution in [1.82, 2.24) is 20.2 Å². The number of nitrogens with one attached hydrogen (secondary N) is 2. The van der Waals surface area contributed by atoms with E-state index in [4.69, 9.17) is 4.42 Å². The summed E-state index contributed by atoms with van der Waals surface area (Å²) in [7, 11) is 3.30. The third-order valence-corrected chi connectivity index (χ3v) is 3.66. The number of oxazole rings is 1. The molecule has 0 aliphatic carbocycles. The molecule has 0 saturated heterocycles. The molecular formula is C18H19N5O3. The van der Waals surface area contributed by atoms with Crippen molar-refractivity contribution in [2.45, 2.75) is 13.5 Å². The lowest BCUT2D eigenvalue weighted by Crippen LogP contribution is -2.34. The highest BCUT2D eigenvalue weighted by atomic mass is 16.3. The van der Waals surface area contributed by atoms with Crippen LogP contribution < -0.4 is 10.6 Å². The fraction of sp³-hybridized carbons (Fsp3) is 0.222. The van der Waals surface area contributed by atoms with Crippen LogP contribution in [0.3, 0.4) is 0 Å². The van der Waals surface area contributed by atoms with E-state index in [0.717, 1.165) is 5.52 Å². The zero-order valence-corrected chi connectivity index (χ0v) is 14.7. The molecule has 0 radical (unpaired) electrons. The van der Waals surface area contributed by atoms with Crippen LogP contribution in [0, 0.1) is 6.92 Å². The van der Waals surface area contributed by atoms with Crippen LogP contribution in [0.1, 0.15) is 21.9 Å². The number of carbonyl (C=O) groups is 2. The smallest absolute Gasteiger partial charge is 0.317 e. The van der Waals surface area contributed by atoms with Gasteiger partial charge in [-0.05, 0) is 24.3 Å². The second-order valence-electron chi connectivity index (χ2n) is 5.96. The van der Waals surface area contributed by atoms with Gasteiger partial charge in [0.25, 0.3) is 5.91 Å². The maximum Gasteiger partial charge on any atom is 0.317 e. The van der Waals surface area contributed by atoms with Crippen molar-refractivity contribution in [2.75, 3.05) is 19.4 Å². The minimum absolute atomic E-state index is 0.225. The van der Waals surface area contributed by atoms with Gasteiger partial charge in [-0.1, -0.05) is 0 Å². The van der Waals surface area contributed by atoms with Gasteiger partial charge in [-0.25, -0.2) is 9.78 Å². The summed E-state index contributed by atoms with van der Waals surface area (Å²) in [5, 5.41) is 5.53. The van der Waals surface area contributed by atoms with Gasteiger partial charge in [-0.15, -0.1) is 0 Å². The molecule has 26 heavy (non-hydrogen) atoms. The Hall–Kier alpha value is -3.42. The lowest BCUT2D eigenvalue weighted by molar-refractivity contribution is 0.102. The largest absolute Gasteiger partial charge is 0.441 e. The summed E-state index contributed by atoms with van der Waals surface area (Å²) in [6.07, 6.45) is 1.54. The number of fused-ring (bicyclic) bond motifs is 1. The molecule has 0 unspecified atom stereocenters. The predicted octanol–water partition coefficient (Wildman–Crippen LogP) is 2.55. The monoisotopic (exact) mass is 353 g/mol. The molecule has 0 spiro atoms. The first-order chi connectivity index (χ1) is 12.4. The molecule has 8 nitrogen and oxygen atoms in total.